The molecule has 0 radical (unpaired) electrons. The second-order valence-electron chi connectivity index (χ2n) is 7.99. The maximum absolute atomic E-state index is 12.4. The quantitative estimate of drug-likeness (QED) is 0.851. The zero-order valence-corrected chi connectivity index (χ0v) is 16.8. The van der Waals surface area contributed by atoms with E-state index >= 15 is 0 Å². The van der Waals surface area contributed by atoms with Crippen molar-refractivity contribution in [3.8, 4) is 11.4 Å². The van der Waals surface area contributed by atoms with Crippen LogP contribution >= 0.6 is 0 Å². The summed E-state index contributed by atoms with van der Waals surface area (Å²) in [6.45, 7) is 4.73. The lowest BCUT2D eigenvalue weighted by molar-refractivity contribution is 0.115. The summed E-state index contributed by atoms with van der Waals surface area (Å²) >= 11 is 0. The summed E-state index contributed by atoms with van der Waals surface area (Å²) in [4.78, 5) is 21.6. The van der Waals surface area contributed by atoms with Crippen LogP contribution in [0.3, 0.4) is 0 Å². The number of urea groups is 1. The lowest BCUT2D eigenvalue weighted by atomic mass is 10.1. The first-order valence-corrected chi connectivity index (χ1v) is 10.2. The summed E-state index contributed by atoms with van der Waals surface area (Å²) in [5.41, 5.74) is 3.13. The Morgan fingerprint density at radius 1 is 1.21 bits per heavy atom. The van der Waals surface area contributed by atoms with E-state index in [-0.39, 0.29) is 6.03 Å². The summed E-state index contributed by atoms with van der Waals surface area (Å²) in [6.07, 6.45) is 5.51. The molecular formula is C21H30N6O. The minimum absolute atomic E-state index is 0.163. The maximum atomic E-state index is 12.4. The molecule has 3 heterocycles. The van der Waals surface area contributed by atoms with Gasteiger partial charge in [0, 0.05) is 61.9 Å². The monoisotopic (exact) mass is 382 g/mol. The summed E-state index contributed by atoms with van der Waals surface area (Å²) in [5, 5.41) is 5.99. The van der Waals surface area contributed by atoms with E-state index in [1.54, 1.807) is 0 Å². The fraction of sp³-hybridized carbons (Fsp3) is 0.524. The van der Waals surface area contributed by atoms with Crippen LogP contribution < -0.4 is 10.6 Å². The van der Waals surface area contributed by atoms with E-state index in [0.717, 1.165) is 49.7 Å². The zero-order chi connectivity index (χ0) is 19.5. The molecule has 1 aromatic heterocycles. The molecule has 2 amide bonds. The van der Waals surface area contributed by atoms with E-state index in [2.05, 4.69) is 50.1 Å². The standard InChI is InChI=1S/C21H30N6O/c1-25-10-11-26(2)19(15-25)14-23-21(28)24-17-7-5-6-16(12-17)20-22-13-18-8-3-4-9-27(18)20/h5-7,12-13,19H,3-4,8-11,14-15H2,1-2H3,(H2,23,24,28). The van der Waals surface area contributed by atoms with Gasteiger partial charge in [0.15, 0.2) is 0 Å². The average molecular weight is 383 g/mol. The van der Waals surface area contributed by atoms with Gasteiger partial charge in [-0.3, -0.25) is 4.90 Å². The average Bonchev–Trinajstić information content (AvgIpc) is 3.13. The van der Waals surface area contributed by atoms with E-state index < -0.39 is 0 Å². The van der Waals surface area contributed by atoms with Gasteiger partial charge in [-0.2, -0.15) is 0 Å². The normalized spacial score (nSPS) is 20.6. The van der Waals surface area contributed by atoms with E-state index in [1.807, 2.05) is 24.4 Å². The third-order valence-corrected chi connectivity index (χ3v) is 5.86. The Balaban J connectivity index is 1.38. The number of imidazole rings is 1. The number of nitrogens with one attached hydrogen (secondary N) is 2. The molecule has 150 valence electrons. The fourth-order valence-electron chi connectivity index (χ4n) is 4.11. The zero-order valence-electron chi connectivity index (χ0n) is 16.8. The number of benzene rings is 1. The molecule has 1 aromatic carbocycles. The number of rotatable bonds is 4. The van der Waals surface area contributed by atoms with Crippen LogP contribution in [0.4, 0.5) is 10.5 Å². The molecule has 0 spiro atoms. The number of piperazine rings is 1. The Kier molecular flexibility index (Phi) is 5.64. The largest absolute Gasteiger partial charge is 0.336 e. The molecule has 1 atom stereocenters. The Hall–Kier alpha value is -2.38. The van der Waals surface area contributed by atoms with Crippen LogP contribution in [-0.2, 0) is 13.0 Å². The molecule has 1 fully saturated rings. The van der Waals surface area contributed by atoms with Crippen LogP contribution in [0.1, 0.15) is 18.5 Å². The Morgan fingerprint density at radius 2 is 2.11 bits per heavy atom. The predicted molar refractivity (Wildman–Crippen MR) is 112 cm³/mol. The molecule has 2 aliphatic rings. The van der Waals surface area contributed by atoms with Gasteiger partial charge in [0.05, 0.1) is 0 Å². The van der Waals surface area contributed by atoms with Crippen molar-refractivity contribution >= 4 is 11.7 Å². The van der Waals surface area contributed by atoms with Gasteiger partial charge in [-0.05, 0) is 45.5 Å². The minimum Gasteiger partial charge on any atom is -0.336 e. The molecule has 1 unspecified atom stereocenters. The van der Waals surface area contributed by atoms with Gasteiger partial charge >= 0.3 is 6.03 Å². The highest BCUT2D eigenvalue weighted by molar-refractivity contribution is 5.90. The fourth-order valence-corrected chi connectivity index (χ4v) is 4.11. The van der Waals surface area contributed by atoms with E-state index in [1.165, 1.54) is 18.5 Å². The molecule has 0 bridgehead atoms. The number of likely N-dealkylation sites (N-methyl/N-ethyl adjacent to an activating group) is 2. The number of nitrogens with zero attached hydrogens (tertiary/aromatic N) is 4. The Morgan fingerprint density at radius 3 is 3.00 bits per heavy atom. The molecular weight excluding hydrogens is 352 g/mol. The molecule has 0 saturated carbocycles. The molecule has 2 aliphatic heterocycles. The number of hydrogen-bond donors (Lipinski definition) is 2. The number of anilines is 1. The lowest BCUT2D eigenvalue weighted by Gasteiger charge is -2.37. The molecule has 1 saturated heterocycles. The van der Waals surface area contributed by atoms with Crippen LogP contribution in [0, 0.1) is 0 Å². The van der Waals surface area contributed by atoms with Crippen LogP contribution in [0.25, 0.3) is 11.4 Å². The van der Waals surface area contributed by atoms with Gasteiger partial charge < -0.3 is 20.1 Å². The first-order chi connectivity index (χ1) is 13.6. The van der Waals surface area contributed by atoms with Crippen LogP contribution in [0.2, 0.25) is 0 Å². The number of amides is 2. The van der Waals surface area contributed by atoms with Crippen molar-refractivity contribution in [2.24, 2.45) is 0 Å². The first kappa shape index (κ1) is 19.0. The Labute approximate surface area is 166 Å². The molecule has 28 heavy (non-hydrogen) atoms. The number of hydrogen-bond acceptors (Lipinski definition) is 4. The molecule has 7 nitrogen and oxygen atoms in total. The van der Waals surface area contributed by atoms with E-state index in [4.69, 9.17) is 0 Å². The number of carbonyl (C=O) groups is 1. The highest BCUT2D eigenvalue weighted by Crippen LogP contribution is 2.26. The summed E-state index contributed by atoms with van der Waals surface area (Å²) in [6, 6.07) is 8.13. The number of aryl methyl sites for hydroxylation is 1. The summed E-state index contributed by atoms with van der Waals surface area (Å²) in [7, 11) is 4.24. The van der Waals surface area contributed by atoms with Crippen molar-refractivity contribution in [2.75, 3.05) is 45.6 Å². The third-order valence-electron chi connectivity index (χ3n) is 5.86. The predicted octanol–water partition coefficient (Wildman–Crippen LogP) is 2.25. The minimum atomic E-state index is -0.163. The lowest BCUT2D eigenvalue weighted by Crippen LogP contribution is -2.54. The number of carbonyl (C=O) groups excluding carboxylic acids is 1. The molecule has 7 heteroatoms. The summed E-state index contributed by atoms with van der Waals surface area (Å²) < 4.78 is 2.30. The van der Waals surface area contributed by atoms with Gasteiger partial charge in [-0.1, -0.05) is 12.1 Å². The Bertz CT molecular complexity index is 832. The van der Waals surface area contributed by atoms with Crippen molar-refractivity contribution in [1.82, 2.24) is 24.7 Å². The molecule has 2 aromatic rings. The van der Waals surface area contributed by atoms with Crippen molar-refractivity contribution in [1.29, 1.82) is 0 Å². The van der Waals surface area contributed by atoms with Gasteiger partial charge in [-0.25, -0.2) is 9.78 Å². The van der Waals surface area contributed by atoms with Crippen LogP contribution in [-0.4, -0.2) is 71.7 Å². The summed E-state index contributed by atoms with van der Waals surface area (Å²) in [5.74, 6) is 0.991. The van der Waals surface area contributed by atoms with Crippen LogP contribution in [0.15, 0.2) is 30.5 Å². The molecule has 4 rings (SSSR count). The highest BCUT2D eigenvalue weighted by atomic mass is 16.2. The van der Waals surface area contributed by atoms with Crippen molar-refractivity contribution < 1.29 is 4.79 Å². The third kappa shape index (κ3) is 4.20. The van der Waals surface area contributed by atoms with Crippen molar-refractivity contribution in [3.63, 3.8) is 0 Å². The van der Waals surface area contributed by atoms with Gasteiger partial charge in [-0.15, -0.1) is 0 Å². The SMILES string of the molecule is CN1CCN(C)C(CNC(=O)Nc2cccc(-c3ncc4n3CCCC4)c2)C1. The van der Waals surface area contributed by atoms with E-state index in [0.29, 0.717) is 12.6 Å². The number of fused-ring (bicyclic) bond motifs is 1. The van der Waals surface area contributed by atoms with Gasteiger partial charge in [0.2, 0.25) is 0 Å². The number of aromatic nitrogens is 2. The first-order valence-electron chi connectivity index (χ1n) is 10.2. The molecule has 2 N–H and O–H groups in total. The topological polar surface area (TPSA) is 65.4 Å². The van der Waals surface area contributed by atoms with Gasteiger partial charge in [0.25, 0.3) is 0 Å². The second kappa shape index (κ2) is 8.32. The maximum Gasteiger partial charge on any atom is 0.319 e. The van der Waals surface area contributed by atoms with Crippen LogP contribution in [0.5, 0.6) is 0 Å². The highest BCUT2D eigenvalue weighted by Gasteiger charge is 2.22. The second-order valence-corrected chi connectivity index (χ2v) is 7.99. The van der Waals surface area contributed by atoms with Gasteiger partial charge in [0.1, 0.15) is 5.82 Å². The van der Waals surface area contributed by atoms with Crippen molar-refractivity contribution in [2.45, 2.75) is 31.8 Å². The smallest absolute Gasteiger partial charge is 0.319 e. The molecule has 0 aliphatic carbocycles. The van der Waals surface area contributed by atoms with Crippen molar-refractivity contribution in [3.05, 3.63) is 36.2 Å². The van der Waals surface area contributed by atoms with E-state index in [9.17, 15) is 4.79 Å².